The summed E-state index contributed by atoms with van der Waals surface area (Å²) in [5.41, 5.74) is 13.8. The highest BCUT2D eigenvalue weighted by Gasteiger charge is 2.14. The zero-order chi connectivity index (χ0) is 28.5. The summed E-state index contributed by atoms with van der Waals surface area (Å²) in [5, 5.41) is 2.27. The topological polar surface area (TPSA) is 25.8 Å². The van der Waals surface area contributed by atoms with Crippen molar-refractivity contribution in [1.82, 2.24) is 9.97 Å². The van der Waals surface area contributed by atoms with E-state index in [0.717, 1.165) is 46.0 Å². The van der Waals surface area contributed by atoms with E-state index < -0.39 is 0 Å². The number of pyridine rings is 2. The molecule has 0 saturated heterocycles. The summed E-state index contributed by atoms with van der Waals surface area (Å²) in [4.78, 5) is 10.1. The fraction of sp³-hybridized carbons (Fsp3) is 0.100. The van der Waals surface area contributed by atoms with Gasteiger partial charge in [0.2, 0.25) is 0 Å². The minimum Gasteiger partial charge on any atom is -0.251 e. The Morgan fingerprint density at radius 1 is 0.405 bits per heavy atom. The summed E-state index contributed by atoms with van der Waals surface area (Å²) >= 11 is 0. The SMILES string of the molecule is CCc1ccc2ccc3c(-c4cccc(-c5cc(-c6ccccc6)cc(-c6ccccc6)c5)c4)cc(CC)nc3c2n1. The Morgan fingerprint density at radius 3 is 1.57 bits per heavy atom. The van der Waals surface area contributed by atoms with Crippen LogP contribution in [0.25, 0.3) is 66.3 Å². The van der Waals surface area contributed by atoms with E-state index in [2.05, 4.69) is 147 Å². The van der Waals surface area contributed by atoms with Gasteiger partial charge in [-0.2, -0.15) is 0 Å². The van der Waals surface area contributed by atoms with Crippen LogP contribution in [0.1, 0.15) is 25.2 Å². The molecule has 0 fully saturated rings. The van der Waals surface area contributed by atoms with Gasteiger partial charge in [-0.05, 0) is 93.7 Å². The number of aromatic nitrogens is 2. The summed E-state index contributed by atoms with van der Waals surface area (Å²) in [6.07, 6.45) is 1.77. The number of hydrogen-bond acceptors (Lipinski definition) is 2. The van der Waals surface area contributed by atoms with Gasteiger partial charge >= 0.3 is 0 Å². The molecule has 202 valence electrons. The van der Waals surface area contributed by atoms with Crippen LogP contribution in [-0.4, -0.2) is 9.97 Å². The molecule has 0 spiro atoms. The van der Waals surface area contributed by atoms with E-state index in [1.807, 2.05) is 0 Å². The smallest absolute Gasteiger partial charge is 0.0974 e. The van der Waals surface area contributed by atoms with Gasteiger partial charge in [0.15, 0.2) is 0 Å². The molecule has 0 aliphatic heterocycles. The van der Waals surface area contributed by atoms with Gasteiger partial charge in [0.1, 0.15) is 0 Å². The van der Waals surface area contributed by atoms with E-state index >= 15 is 0 Å². The molecule has 2 aromatic heterocycles. The standard InChI is InChI=1S/C40H32N2/c1-3-35-20-18-29-19-21-37-38(26-36(4-2)42-40(37)39(29)41-35)31-17-11-16-30(22-31)34-24-32(27-12-7-5-8-13-27)23-33(25-34)28-14-9-6-10-15-28/h5-26H,3-4H2,1-2H3. The molecule has 7 aromatic rings. The van der Waals surface area contributed by atoms with E-state index in [9.17, 15) is 0 Å². The summed E-state index contributed by atoms with van der Waals surface area (Å²) in [6, 6.07) is 48.1. The van der Waals surface area contributed by atoms with Crippen molar-refractivity contribution in [3.05, 3.63) is 145 Å². The lowest BCUT2D eigenvalue weighted by Crippen LogP contribution is -1.96. The van der Waals surface area contributed by atoms with Crippen LogP contribution in [0.3, 0.4) is 0 Å². The normalized spacial score (nSPS) is 11.3. The molecule has 0 saturated carbocycles. The quantitative estimate of drug-likeness (QED) is 0.196. The number of fused-ring (bicyclic) bond motifs is 3. The van der Waals surface area contributed by atoms with E-state index in [0.29, 0.717) is 0 Å². The van der Waals surface area contributed by atoms with Crippen molar-refractivity contribution in [3.8, 4) is 44.5 Å². The molecular weight excluding hydrogens is 508 g/mol. The summed E-state index contributed by atoms with van der Waals surface area (Å²) < 4.78 is 0. The zero-order valence-corrected chi connectivity index (χ0v) is 24.0. The van der Waals surface area contributed by atoms with Crippen molar-refractivity contribution < 1.29 is 0 Å². The molecule has 0 atom stereocenters. The fourth-order valence-electron chi connectivity index (χ4n) is 5.84. The molecule has 42 heavy (non-hydrogen) atoms. The van der Waals surface area contributed by atoms with Crippen molar-refractivity contribution in [2.45, 2.75) is 26.7 Å². The van der Waals surface area contributed by atoms with Crippen LogP contribution in [0.5, 0.6) is 0 Å². The first kappa shape index (κ1) is 25.9. The van der Waals surface area contributed by atoms with Gasteiger partial charge in [-0.25, -0.2) is 0 Å². The van der Waals surface area contributed by atoms with Gasteiger partial charge in [0, 0.05) is 22.2 Å². The van der Waals surface area contributed by atoms with Crippen molar-refractivity contribution >= 4 is 21.8 Å². The van der Waals surface area contributed by atoms with Crippen LogP contribution in [0.15, 0.2) is 133 Å². The van der Waals surface area contributed by atoms with E-state index in [-0.39, 0.29) is 0 Å². The Balaban J connectivity index is 1.42. The molecule has 5 aromatic carbocycles. The Labute approximate surface area is 247 Å². The number of nitrogens with zero attached hydrogens (tertiary/aromatic N) is 2. The maximum Gasteiger partial charge on any atom is 0.0974 e. The molecule has 2 nitrogen and oxygen atoms in total. The minimum atomic E-state index is 0.867. The van der Waals surface area contributed by atoms with Crippen molar-refractivity contribution in [1.29, 1.82) is 0 Å². The highest BCUT2D eigenvalue weighted by atomic mass is 14.8. The van der Waals surface area contributed by atoms with Gasteiger partial charge in [-0.1, -0.05) is 111 Å². The predicted octanol–water partition coefficient (Wildman–Crippen LogP) is 10.6. The van der Waals surface area contributed by atoms with Gasteiger partial charge in [0.25, 0.3) is 0 Å². The first-order chi connectivity index (χ1) is 20.7. The van der Waals surface area contributed by atoms with Gasteiger partial charge in [0.05, 0.1) is 11.0 Å². The summed E-state index contributed by atoms with van der Waals surface area (Å²) in [6.45, 7) is 4.32. The van der Waals surface area contributed by atoms with Crippen LogP contribution >= 0.6 is 0 Å². The van der Waals surface area contributed by atoms with Crippen LogP contribution in [0, 0.1) is 0 Å². The molecule has 2 heteroatoms. The second-order valence-electron chi connectivity index (χ2n) is 10.8. The Bertz CT molecular complexity index is 1990. The van der Waals surface area contributed by atoms with Crippen LogP contribution < -0.4 is 0 Å². The molecule has 0 aliphatic rings. The molecule has 0 N–H and O–H groups in total. The number of rotatable bonds is 6. The van der Waals surface area contributed by atoms with E-state index in [4.69, 9.17) is 9.97 Å². The largest absolute Gasteiger partial charge is 0.251 e. The predicted molar refractivity (Wildman–Crippen MR) is 178 cm³/mol. The first-order valence-corrected chi connectivity index (χ1v) is 14.8. The second-order valence-corrected chi connectivity index (χ2v) is 10.8. The summed E-state index contributed by atoms with van der Waals surface area (Å²) in [7, 11) is 0. The summed E-state index contributed by atoms with van der Waals surface area (Å²) in [5.74, 6) is 0. The number of benzene rings is 5. The third-order valence-electron chi connectivity index (χ3n) is 8.13. The monoisotopic (exact) mass is 540 g/mol. The average molecular weight is 541 g/mol. The fourth-order valence-corrected chi connectivity index (χ4v) is 5.84. The highest BCUT2D eigenvalue weighted by Crippen LogP contribution is 2.37. The average Bonchev–Trinajstić information content (AvgIpc) is 3.08. The second kappa shape index (κ2) is 11.1. The third kappa shape index (κ3) is 4.86. The number of hydrogen-bond donors (Lipinski definition) is 0. The Hall–Kier alpha value is -5.08. The van der Waals surface area contributed by atoms with Crippen molar-refractivity contribution in [2.24, 2.45) is 0 Å². The molecule has 0 aliphatic carbocycles. The van der Waals surface area contributed by atoms with E-state index in [1.54, 1.807) is 0 Å². The Kier molecular flexibility index (Phi) is 6.81. The lowest BCUT2D eigenvalue weighted by molar-refractivity contribution is 1.05. The number of aryl methyl sites for hydroxylation is 2. The molecule has 0 unspecified atom stereocenters. The lowest BCUT2D eigenvalue weighted by Gasteiger charge is -2.14. The van der Waals surface area contributed by atoms with Crippen molar-refractivity contribution in [2.75, 3.05) is 0 Å². The lowest BCUT2D eigenvalue weighted by atomic mass is 9.91. The van der Waals surface area contributed by atoms with Crippen LogP contribution in [0.2, 0.25) is 0 Å². The van der Waals surface area contributed by atoms with Gasteiger partial charge < -0.3 is 0 Å². The highest BCUT2D eigenvalue weighted by molar-refractivity contribution is 6.08. The Morgan fingerprint density at radius 2 is 0.929 bits per heavy atom. The van der Waals surface area contributed by atoms with Crippen LogP contribution in [-0.2, 0) is 12.8 Å². The minimum absolute atomic E-state index is 0.867. The molecule has 0 bridgehead atoms. The van der Waals surface area contributed by atoms with E-state index in [1.165, 1.54) is 44.5 Å². The van der Waals surface area contributed by atoms with Crippen LogP contribution in [0.4, 0.5) is 0 Å². The molecular formula is C40H32N2. The zero-order valence-electron chi connectivity index (χ0n) is 24.0. The first-order valence-electron chi connectivity index (χ1n) is 14.8. The molecule has 7 rings (SSSR count). The molecule has 2 heterocycles. The van der Waals surface area contributed by atoms with Gasteiger partial charge in [-0.3, -0.25) is 9.97 Å². The third-order valence-corrected chi connectivity index (χ3v) is 8.13. The maximum atomic E-state index is 5.09. The maximum absolute atomic E-state index is 5.09. The van der Waals surface area contributed by atoms with Crippen molar-refractivity contribution in [3.63, 3.8) is 0 Å². The molecule has 0 radical (unpaired) electrons. The van der Waals surface area contributed by atoms with Gasteiger partial charge in [-0.15, -0.1) is 0 Å². The molecule has 0 amide bonds.